The molecule has 1 aromatic carbocycles. The van der Waals surface area contributed by atoms with E-state index >= 15 is 0 Å². The molecule has 28 heavy (non-hydrogen) atoms. The van der Waals surface area contributed by atoms with Gasteiger partial charge in [0.15, 0.2) is 5.96 Å². The van der Waals surface area contributed by atoms with Gasteiger partial charge in [-0.1, -0.05) is 20.8 Å². The van der Waals surface area contributed by atoms with Gasteiger partial charge >= 0.3 is 6.09 Å². The first-order valence-corrected chi connectivity index (χ1v) is 9.17. The predicted molar refractivity (Wildman–Crippen MR) is 107 cm³/mol. The fraction of sp³-hybridized carbons (Fsp3) is 0.556. The molecule has 0 bridgehead atoms. The third kappa shape index (κ3) is 6.69. The quantitative estimate of drug-likeness (QED) is 0.269. The smallest absolute Gasteiger partial charge is 0.413 e. The number of ether oxygens (including phenoxy) is 2. The minimum atomic E-state index is -0.732. The van der Waals surface area contributed by atoms with Gasteiger partial charge in [-0.05, 0) is 31.6 Å². The van der Waals surface area contributed by atoms with Crippen LogP contribution in [0.3, 0.4) is 0 Å². The molecule has 1 unspecified atom stereocenters. The molecule has 1 amide bonds. The van der Waals surface area contributed by atoms with Crippen molar-refractivity contribution in [2.45, 2.75) is 33.2 Å². The van der Waals surface area contributed by atoms with Crippen LogP contribution in [0.4, 0.5) is 10.5 Å². The molecule has 0 aliphatic rings. The molecule has 0 aromatic heterocycles. The SMILES string of the molecule is CCCOc1ccc(C(CN=C(N)NC(=O)OC)N(CC)CC)c([N+](=O)[O-])c1. The van der Waals surface area contributed by atoms with Crippen molar-refractivity contribution in [3.63, 3.8) is 0 Å². The van der Waals surface area contributed by atoms with Gasteiger partial charge < -0.3 is 15.2 Å². The lowest BCUT2D eigenvalue weighted by atomic mass is 10.0. The maximum Gasteiger partial charge on any atom is 0.413 e. The number of aliphatic imine (C=N–C) groups is 1. The van der Waals surface area contributed by atoms with Crippen LogP contribution in [0.25, 0.3) is 0 Å². The van der Waals surface area contributed by atoms with E-state index in [0.717, 1.165) is 6.42 Å². The van der Waals surface area contributed by atoms with Gasteiger partial charge in [0, 0.05) is 5.56 Å². The Labute approximate surface area is 164 Å². The van der Waals surface area contributed by atoms with Crippen LogP contribution in [0.2, 0.25) is 0 Å². The molecule has 0 fully saturated rings. The van der Waals surface area contributed by atoms with Crippen LogP contribution in [-0.4, -0.2) is 55.2 Å². The lowest BCUT2D eigenvalue weighted by Gasteiger charge is -2.28. The van der Waals surface area contributed by atoms with Crippen LogP contribution in [0.15, 0.2) is 23.2 Å². The maximum absolute atomic E-state index is 11.7. The summed E-state index contributed by atoms with van der Waals surface area (Å²) in [6.45, 7) is 7.81. The highest BCUT2D eigenvalue weighted by atomic mass is 16.6. The Morgan fingerprint density at radius 2 is 2.04 bits per heavy atom. The Morgan fingerprint density at radius 1 is 1.36 bits per heavy atom. The van der Waals surface area contributed by atoms with Crippen molar-refractivity contribution in [1.82, 2.24) is 10.2 Å². The third-order valence-electron chi connectivity index (χ3n) is 4.13. The minimum absolute atomic E-state index is 0.0415. The van der Waals surface area contributed by atoms with Crippen LogP contribution < -0.4 is 15.8 Å². The van der Waals surface area contributed by atoms with Crippen molar-refractivity contribution in [2.24, 2.45) is 10.7 Å². The number of methoxy groups -OCH3 is 1. The molecule has 1 atom stereocenters. The van der Waals surface area contributed by atoms with Gasteiger partial charge in [0.25, 0.3) is 5.69 Å². The summed E-state index contributed by atoms with van der Waals surface area (Å²) in [5.41, 5.74) is 6.17. The number of rotatable bonds is 10. The number of amides is 1. The number of likely N-dealkylation sites (N-methyl/N-ethyl adjacent to an activating group) is 1. The maximum atomic E-state index is 11.7. The highest BCUT2D eigenvalue weighted by Crippen LogP contribution is 2.33. The second-order valence-corrected chi connectivity index (χ2v) is 5.91. The molecule has 0 aliphatic heterocycles. The first-order valence-electron chi connectivity index (χ1n) is 9.17. The summed E-state index contributed by atoms with van der Waals surface area (Å²) >= 11 is 0. The van der Waals surface area contributed by atoms with E-state index in [2.05, 4.69) is 15.0 Å². The number of carbonyl (C=O) groups is 1. The van der Waals surface area contributed by atoms with E-state index in [9.17, 15) is 14.9 Å². The summed E-state index contributed by atoms with van der Waals surface area (Å²) in [6, 6.07) is 4.44. The topological polar surface area (TPSA) is 132 Å². The number of alkyl carbamates (subject to hydrolysis) is 1. The normalized spacial score (nSPS) is 12.5. The first kappa shape index (κ1) is 23.2. The molecule has 3 N–H and O–H groups in total. The number of nitro groups is 1. The Balaban J connectivity index is 3.24. The standard InChI is InChI=1S/C18H29N5O5/c1-5-10-28-13-8-9-14(15(11-13)23(25)26)16(22(6-2)7-3)12-20-17(19)21-18(24)27-4/h8-9,11,16H,5-7,10,12H2,1-4H3,(H3,19,20,21,24). The van der Waals surface area contributed by atoms with Gasteiger partial charge in [0.1, 0.15) is 5.75 Å². The summed E-state index contributed by atoms with van der Waals surface area (Å²) in [7, 11) is 1.22. The highest BCUT2D eigenvalue weighted by molar-refractivity contribution is 5.92. The average molecular weight is 395 g/mol. The second kappa shape index (κ2) is 11.8. The molecule has 156 valence electrons. The molecule has 1 rings (SSSR count). The molecule has 0 aliphatic carbocycles. The largest absolute Gasteiger partial charge is 0.493 e. The van der Waals surface area contributed by atoms with Gasteiger partial charge in [-0.3, -0.25) is 25.3 Å². The van der Waals surface area contributed by atoms with Gasteiger partial charge in [0.2, 0.25) is 0 Å². The van der Waals surface area contributed by atoms with E-state index in [0.29, 0.717) is 31.0 Å². The molecule has 10 heteroatoms. The molecule has 0 heterocycles. The number of guanidine groups is 1. The van der Waals surface area contributed by atoms with Crippen molar-refractivity contribution in [3.8, 4) is 5.75 Å². The molecule has 0 saturated carbocycles. The average Bonchev–Trinajstić information content (AvgIpc) is 2.69. The Hall–Kier alpha value is -2.88. The monoisotopic (exact) mass is 395 g/mol. The van der Waals surface area contributed by atoms with Crippen molar-refractivity contribution in [2.75, 3.05) is 33.4 Å². The summed E-state index contributed by atoms with van der Waals surface area (Å²) in [5.74, 6) is 0.334. The van der Waals surface area contributed by atoms with Gasteiger partial charge in [-0.25, -0.2) is 4.79 Å². The number of nitrogens with zero attached hydrogens (tertiary/aromatic N) is 3. The van der Waals surface area contributed by atoms with Crippen LogP contribution in [0, 0.1) is 10.1 Å². The van der Waals surface area contributed by atoms with E-state index in [1.165, 1.54) is 13.2 Å². The van der Waals surface area contributed by atoms with E-state index in [1.54, 1.807) is 12.1 Å². The Kier molecular flexibility index (Phi) is 9.72. The molecule has 10 nitrogen and oxygen atoms in total. The lowest BCUT2D eigenvalue weighted by Crippen LogP contribution is -2.38. The lowest BCUT2D eigenvalue weighted by molar-refractivity contribution is -0.386. The fourth-order valence-corrected chi connectivity index (χ4v) is 2.73. The molecule has 1 aromatic rings. The van der Waals surface area contributed by atoms with E-state index < -0.39 is 17.1 Å². The molecular weight excluding hydrogens is 366 g/mol. The zero-order valence-corrected chi connectivity index (χ0v) is 16.8. The van der Waals surface area contributed by atoms with E-state index in [1.807, 2.05) is 25.7 Å². The van der Waals surface area contributed by atoms with Gasteiger partial charge in [0.05, 0.1) is 37.3 Å². The number of benzene rings is 1. The number of hydrogen-bond donors (Lipinski definition) is 2. The Morgan fingerprint density at radius 3 is 2.57 bits per heavy atom. The number of nitrogens with one attached hydrogen (secondary N) is 1. The number of carbonyl (C=O) groups excluding carboxylic acids is 1. The summed E-state index contributed by atoms with van der Waals surface area (Å²) in [5, 5.41) is 13.9. The first-order chi connectivity index (χ1) is 13.4. The molecule has 0 spiro atoms. The fourth-order valence-electron chi connectivity index (χ4n) is 2.73. The van der Waals surface area contributed by atoms with Crippen molar-refractivity contribution in [1.29, 1.82) is 0 Å². The predicted octanol–water partition coefficient (Wildman–Crippen LogP) is 2.44. The summed E-state index contributed by atoms with van der Waals surface area (Å²) in [4.78, 5) is 28.7. The number of nitrogens with two attached hydrogens (primary N) is 1. The van der Waals surface area contributed by atoms with E-state index in [4.69, 9.17) is 10.5 Å². The third-order valence-corrected chi connectivity index (χ3v) is 4.13. The number of hydrogen-bond acceptors (Lipinski definition) is 7. The minimum Gasteiger partial charge on any atom is -0.493 e. The highest BCUT2D eigenvalue weighted by Gasteiger charge is 2.27. The zero-order valence-electron chi connectivity index (χ0n) is 16.8. The van der Waals surface area contributed by atoms with Crippen LogP contribution in [-0.2, 0) is 4.74 Å². The van der Waals surface area contributed by atoms with Crippen molar-refractivity contribution in [3.05, 3.63) is 33.9 Å². The zero-order chi connectivity index (χ0) is 21.1. The molecule has 0 saturated heterocycles. The van der Waals surface area contributed by atoms with Gasteiger partial charge in [-0.15, -0.1) is 0 Å². The Bertz CT molecular complexity index is 691. The van der Waals surface area contributed by atoms with Crippen molar-refractivity contribution < 1.29 is 19.2 Å². The van der Waals surface area contributed by atoms with Crippen LogP contribution in [0.5, 0.6) is 5.75 Å². The molecular formula is C18H29N5O5. The van der Waals surface area contributed by atoms with Crippen LogP contribution >= 0.6 is 0 Å². The van der Waals surface area contributed by atoms with E-state index in [-0.39, 0.29) is 18.2 Å². The van der Waals surface area contributed by atoms with Crippen molar-refractivity contribution >= 4 is 17.7 Å². The number of nitro benzene ring substituents is 1. The second-order valence-electron chi connectivity index (χ2n) is 5.91. The molecule has 0 radical (unpaired) electrons. The van der Waals surface area contributed by atoms with Crippen LogP contribution in [0.1, 0.15) is 38.8 Å². The van der Waals surface area contributed by atoms with Gasteiger partial charge in [-0.2, -0.15) is 0 Å². The summed E-state index contributed by atoms with van der Waals surface area (Å²) in [6.07, 6.45) is 0.0720. The summed E-state index contributed by atoms with van der Waals surface area (Å²) < 4.78 is 9.99.